The second kappa shape index (κ2) is 4.24. The lowest BCUT2D eigenvalue weighted by Gasteiger charge is -2.01. The highest BCUT2D eigenvalue weighted by atomic mass is 32.1. The van der Waals surface area contributed by atoms with Gasteiger partial charge in [-0.05, 0) is 19.1 Å². The number of anilines is 1. The molecule has 0 fully saturated rings. The molecule has 3 rings (SSSR count). The Morgan fingerprint density at radius 1 is 1.32 bits per heavy atom. The highest BCUT2D eigenvalue weighted by Crippen LogP contribution is 2.33. The van der Waals surface area contributed by atoms with E-state index in [9.17, 15) is 0 Å². The smallest absolute Gasteiger partial charge is 0.180 e. The lowest BCUT2D eigenvalue weighted by molar-refractivity contribution is 0.415. The Labute approximate surface area is 114 Å². The zero-order valence-electron chi connectivity index (χ0n) is 11.0. The Morgan fingerprint density at radius 2 is 2.11 bits per heavy atom. The molecular weight excluding hydrogens is 260 g/mol. The van der Waals surface area contributed by atoms with Crippen LogP contribution >= 0.6 is 11.3 Å². The van der Waals surface area contributed by atoms with Gasteiger partial charge in [0.15, 0.2) is 11.0 Å². The molecule has 3 aromatic rings. The van der Waals surface area contributed by atoms with Crippen LogP contribution in [0, 0.1) is 6.92 Å². The number of hydrogen-bond donors (Lipinski definition) is 1. The first kappa shape index (κ1) is 12.0. The lowest BCUT2D eigenvalue weighted by Crippen LogP contribution is -1.92. The highest BCUT2D eigenvalue weighted by molar-refractivity contribution is 7.18. The summed E-state index contributed by atoms with van der Waals surface area (Å²) in [5.41, 5.74) is 8.63. The fraction of sp³-hybridized carbons (Fsp3) is 0.231. The summed E-state index contributed by atoms with van der Waals surface area (Å²) in [6, 6.07) is 5.87. The fourth-order valence-corrected chi connectivity index (χ4v) is 2.99. The van der Waals surface area contributed by atoms with Gasteiger partial charge in [-0.1, -0.05) is 11.3 Å². The Balaban J connectivity index is 2.24. The van der Waals surface area contributed by atoms with Gasteiger partial charge in [0.1, 0.15) is 5.75 Å². The fourth-order valence-electron chi connectivity index (χ4n) is 2.13. The number of benzene rings is 1. The molecule has 0 aliphatic rings. The number of ether oxygens (including phenoxy) is 1. The van der Waals surface area contributed by atoms with Gasteiger partial charge >= 0.3 is 0 Å². The van der Waals surface area contributed by atoms with Gasteiger partial charge < -0.3 is 15.0 Å². The van der Waals surface area contributed by atoms with Crippen molar-refractivity contribution >= 4 is 27.5 Å². The van der Waals surface area contributed by atoms with Crippen molar-refractivity contribution in [1.29, 1.82) is 0 Å². The molecule has 0 saturated carbocycles. The Morgan fingerprint density at radius 3 is 2.74 bits per heavy atom. The number of nitrogen functional groups attached to an aromatic ring is 1. The summed E-state index contributed by atoms with van der Waals surface area (Å²) in [4.78, 5) is 9.92. The molecule has 2 N–H and O–H groups in total. The molecule has 0 aliphatic carbocycles. The van der Waals surface area contributed by atoms with Gasteiger partial charge in [-0.15, -0.1) is 0 Å². The second-order valence-electron chi connectivity index (χ2n) is 4.32. The molecule has 2 aromatic heterocycles. The molecule has 0 atom stereocenters. The third kappa shape index (κ3) is 1.84. The molecule has 6 heteroatoms. The summed E-state index contributed by atoms with van der Waals surface area (Å²) in [6.07, 6.45) is 0. The van der Waals surface area contributed by atoms with Crippen molar-refractivity contribution in [2.24, 2.45) is 7.05 Å². The SMILES string of the molecule is COc1ccc2c(c1)nc(-c1sc(N)nc1C)n2C. The normalized spacial score (nSPS) is 11.1. The van der Waals surface area contributed by atoms with Crippen LogP contribution in [0.2, 0.25) is 0 Å². The van der Waals surface area contributed by atoms with E-state index in [1.54, 1.807) is 7.11 Å². The van der Waals surface area contributed by atoms with E-state index in [-0.39, 0.29) is 0 Å². The predicted molar refractivity (Wildman–Crippen MR) is 77.5 cm³/mol. The minimum atomic E-state index is 0.567. The van der Waals surface area contributed by atoms with Crippen molar-refractivity contribution in [2.45, 2.75) is 6.92 Å². The number of imidazole rings is 1. The molecule has 98 valence electrons. The molecule has 0 saturated heterocycles. The summed E-state index contributed by atoms with van der Waals surface area (Å²) in [5.74, 6) is 1.69. The summed E-state index contributed by atoms with van der Waals surface area (Å²) >= 11 is 1.46. The largest absolute Gasteiger partial charge is 0.497 e. The van der Waals surface area contributed by atoms with Crippen molar-refractivity contribution in [1.82, 2.24) is 14.5 Å². The minimum Gasteiger partial charge on any atom is -0.497 e. The summed E-state index contributed by atoms with van der Waals surface area (Å²) in [5, 5.41) is 0.567. The molecule has 1 aromatic carbocycles. The number of nitrogens with two attached hydrogens (primary N) is 1. The average molecular weight is 274 g/mol. The number of fused-ring (bicyclic) bond motifs is 1. The van der Waals surface area contributed by atoms with Crippen LogP contribution in [0.1, 0.15) is 5.69 Å². The Hall–Kier alpha value is -2.08. The van der Waals surface area contributed by atoms with Gasteiger partial charge in [0.05, 0.1) is 28.7 Å². The van der Waals surface area contributed by atoms with E-state index in [2.05, 4.69) is 14.5 Å². The van der Waals surface area contributed by atoms with Crippen molar-refractivity contribution in [3.8, 4) is 16.5 Å². The standard InChI is InChI=1S/C13H14N4OS/c1-7-11(19-13(14)15-7)12-16-9-6-8(18-3)4-5-10(9)17(12)2/h4-6H,1-3H3,(H2,14,15). The molecular formula is C13H14N4OS. The molecule has 19 heavy (non-hydrogen) atoms. The number of aryl methyl sites for hydroxylation is 2. The Bertz CT molecular complexity index is 759. The lowest BCUT2D eigenvalue weighted by atomic mass is 10.3. The van der Waals surface area contributed by atoms with E-state index in [1.807, 2.05) is 32.2 Å². The maximum absolute atomic E-state index is 5.76. The first-order valence-corrected chi connectivity index (χ1v) is 6.65. The van der Waals surface area contributed by atoms with Crippen LogP contribution in [0.25, 0.3) is 21.7 Å². The van der Waals surface area contributed by atoms with Gasteiger partial charge in [0, 0.05) is 13.1 Å². The van der Waals surface area contributed by atoms with Crippen LogP contribution in [-0.2, 0) is 7.05 Å². The predicted octanol–water partition coefficient (Wildman–Crippen LogP) is 2.60. The van der Waals surface area contributed by atoms with E-state index < -0.39 is 0 Å². The van der Waals surface area contributed by atoms with E-state index in [1.165, 1.54) is 11.3 Å². The third-order valence-corrected chi connectivity index (χ3v) is 4.09. The van der Waals surface area contributed by atoms with Gasteiger partial charge in [0.25, 0.3) is 0 Å². The van der Waals surface area contributed by atoms with Crippen molar-refractivity contribution in [3.05, 3.63) is 23.9 Å². The number of aromatic nitrogens is 3. The quantitative estimate of drug-likeness (QED) is 0.780. The van der Waals surface area contributed by atoms with Crippen LogP contribution < -0.4 is 10.5 Å². The monoisotopic (exact) mass is 274 g/mol. The highest BCUT2D eigenvalue weighted by Gasteiger charge is 2.15. The van der Waals surface area contributed by atoms with E-state index in [4.69, 9.17) is 10.5 Å². The van der Waals surface area contributed by atoms with Crippen molar-refractivity contribution < 1.29 is 4.74 Å². The first-order valence-electron chi connectivity index (χ1n) is 5.84. The second-order valence-corrected chi connectivity index (χ2v) is 5.35. The van der Waals surface area contributed by atoms with E-state index >= 15 is 0 Å². The molecule has 0 bridgehead atoms. The molecule has 0 spiro atoms. The average Bonchev–Trinajstić information content (AvgIpc) is 2.89. The van der Waals surface area contributed by atoms with Crippen molar-refractivity contribution in [2.75, 3.05) is 12.8 Å². The first-order chi connectivity index (χ1) is 9.10. The number of hydrogen-bond acceptors (Lipinski definition) is 5. The molecule has 0 unspecified atom stereocenters. The van der Waals surface area contributed by atoms with Gasteiger partial charge in [-0.25, -0.2) is 9.97 Å². The van der Waals surface area contributed by atoms with Crippen molar-refractivity contribution in [3.63, 3.8) is 0 Å². The topological polar surface area (TPSA) is 66.0 Å². The van der Waals surface area contributed by atoms with Crippen LogP contribution in [0.3, 0.4) is 0 Å². The number of thiazole rings is 1. The maximum Gasteiger partial charge on any atom is 0.180 e. The van der Waals surface area contributed by atoms with Gasteiger partial charge in [-0.2, -0.15) is 0 Å². The molecule has 5 nitrogen and oxygen atoms in total. The van der Waals surface area contributed by atoms with E-state index in [0.717, 1.165) is 33.2 Å². The molecule has 0 aliphatic heterocycles. The molecule has 0 amide bonds. The van der Waals surface area contributed by atoms with Gasteiger partial charge in [0.2, 0.25) is 0 Å². The summed E-state index contributed by atoms with van der Waals surface area (Å²) in [6.45, 7) is 1.95. The maximum atomic E-state index is 5.76. The Kier molecular flexibility index (Phi) is 2.67. The van der Waals surface area contributed by atoms with Crippen LogP contribution in [0.5, 0.6) is 5.75 Å². The zero-order chi connectivity index (χ0) is 13.6. The summed E-state index contributed by atoms with van der Waals surface area (Å²) < 4.78 is 7.28. The van der Waals surface area contributed by atoms with Gasteiger partial charge in [-0.3, -0.25) is 0 Å². The van der Waals surface area contributed by atoms with Crippen LogP contribution in [-0.4, -0.2) is 21.6 Å². The number of rotatable bonds is 2. The molecule has 0 radical (unpaired) electrons. The van der Waals surface area contributed by atoms with E-state index in [0.29, 0.717) is 5.13 Å². The molecule has 2 heterocycles. The number of nitrogens with zero attached hydrogens (tertiary/aromatic N) is 3. The third-order valence-electron chi connectivity index (χ3n) is 3.10. The number of methoxy groups -OCH3 is 1. The zero-order valence-corrected chi connectivity index (χ0v) is 11.8. The van der Waals surface area contributed by atoms with Crippen LogP contribution in [0.15, 0.2) is 18.2 Å². The minimum absolute atomic E-state index is 0.567. The van der Waals surface area contributed by atoms with Crippen LogP contribution in [0.4, 0.5) is 5.13 Å². The summed E-state index contributed by atoms with van der Waals surface area (Å²) in [7, 11) is 3.64.